The van der Waals surface area contributed by atoms with Gasteiger partial charge in [-0.3, -0.25) is 9.09 Å². The van der Waals surface area contributed by atoms with Crippen molar-refractivity contribution >= 4 is 19.6 Å². The van der Waals surface area contributed by atoms with Crippen LogP contribution in [0.5, 0.6) is 0 Å². The largest absolute Gasteiger partial charge is 0.756 e. The van der Waals surface area contributed by atoms with Crippen LogP contribution in [0, 0.1) is 0 Å². The van der Waals surface area contributed by atoms with Gasteiger partial charge < -0.3 is 24.7 Å². The van der Waals surface area contributed by atoms with Crippen LogP contribution >= 0.6 is 19.6 Å². The number of hydrogen-bond donors (Lipinski definition) is 3. The number of phosphoric acid groups is 1. The molecule has 90 valence electrons. The lowest BCUT2D eigenvalue weighted by Gasteiger charge is -2.22. The number of rotatable bonds is 4. The average molecular weight is 259 g/mol. The molecule has 0 radical (unpaired) electrons. The van der Waals surface area contributed by atoms with Gasteiger partial charge in [0.05, 0.1) is 6.10 Å². The van der Waals surface area contributed by atoms with Crippen LogP contribution in [0.4, 0.5) is 0 Å². The highest BCUT2D eigenvalue weighted by Crippen LogP contribution is 2.37. The third kappa shape index (κ3) is 3.69. The molecule has 1 fully saturated rings. The standard InChI is InChI=1S/C6H13O7PS/c1-15-2-3-4(7)5(8)6(12-3)13-14(9,10)11/h3-8H,2H2,1H3,(H2,9,10,11)/p-1. The molecule has 0 amide bonds. The van der Waals surface area contributed by atoms with E-state index in [4.69, 9.17) is 9.63 Å². The minimum absolute atomic E-state index is 0.382. The number of ether oxygens (including phenoxy) is 1. The number of aliphatic hydroxyl groups is 2. The first-order valence-electron chi connectivity index (χ1n) is 4.08. The number of aliphatic hydroxyl groups excluding tert-OH is 2. The Kier molecular flexibility index (Phi) is 4.57. The van der Waals surface area contributed by atoms with Gasteiger partial charge in [0.25, 0.3) is 7.82 Å². The van der Waals surface area contributed by atoms with Crippen LogP contribution < -0.4 is 4.89 Å². The smallest absolute Gasteiger partial charge is 0.267 e. The quantitative estimate of drug-likeness (QED) is 0.510. The molecule has 9 heteroatoms. The molecule has 0 bridgehead atoms. The van der Waals surface area contributed by atoms with Crippen LogP contribution in [0.2, 0.25) is 0 Å². The van der Waals surface area contributed by atoms with Crippen molar-refractivity contribution < 1.29 is 33.8 Å². The van der Waals surface area contributed by atoms with Crippen LogP contribution in [0.1, 0.15) is 0 Å². The van der Waals surface area contributed by atoms with Crippen molar-refractivity contribution in [1.29, 1.82) is 0 Å². The Bertz CT molecular complexity index is 256. The highest BCUT2D eigenvalue weighted by atomic mass is 32.2. The van der Waals surface area contributed by atoms with Crippen LogP contribution in [0.15, 0.2) is 0 Å². The summed E-state index contributed by atoms with van der Waals surface area (Å²) in [6.45, 7) is 0. The first-order valence-corrected chi connectivity index (χ1v) is 6.97. The third-order valence-electron chi connectivity index (χ3n) is 1.89. The molecule has 0 saturated carbocycles. The number of phosphoric ester groups is 1. The molecule has 1 rings (SSSR count). The monoisotopic (exact) mass is 259 g/mol. The van der Waals surface area contributed by atoms with Crippen molar-refractivity contribution in [2.24, 2.45) is 0 Å². The van der Waals surface area contributed by atoms with Crippen molar-refractivity contribution in [2.45, 2.75) is 24.6 Å². The lowest BCUT2D eigenvalue weighted by Crippen LogP contribution is -2.34. The molecule has 1 saturated heterocycles. The van der Waals surface area contributed by atoms with E-state index in [1.807, 2.05) is 0 Å². The zero-order chi connectivity index (χ0) is 11.6. The second-order valence-electron chi connectivity index (χ2n) is 3.05. The Morgan fingerprint density at radius 3 is 2.60 bits per heavy atom. The first kappa shape index (κ1) is 13.4. The van der Waals surface area contributed by atoms with E-state index in [0.717, 1.165) is 0 Å². The highest BCUT2D eigenvalue weighted by molar-refractivity contribution is 7.98. The van der Waals surface area contributed by atoms with Gasteiger partial charge >= 0.3 is 0 Å². The highest BCUT2D eigenvalue weighted by Gasteiger charge is 2.44. The SMILES string of the molecule is CSCC1OC(OP(=O)([O-])O)C(O)C1O. The summed E-state index contributed by atoms with van der Waals surface area (Å²) in [4.78, 5) is 18.8. The number of hydrogen-bond acceptors (Lipinski definition) is 7. The van der Waals surface area contributed by atoms with Gasteiger partial charge in [-0.2, -0.15) is 11.8 Å². The van der Waals surface area contributed by atoms with Crippen molar-refractivity contribution in [2.75, 3.05) is 12.0 Å². The van der Waals surface area contributed by atoms with Crippen molar-refractivity contribution in [3.8, 4) is 0 Å². The Labute approximate surface area is 90.6 Å². The van der Waals surface area contributed by atoms with Crippen LogP contribution in [-0.2, 0) is 13.8 Å². The molecule has 1 aliphatic rings. The predicted octanol–water partition coefficient (Wildman–Crippen LogP) is -1.73. The van der Waals surface area contributed by atoms with E-state index in [1.54, 1.807) is 6.26 Å². The van der Waals surface area contributed by atoms with Crippen LogP contribution in [0.25, 0.3) is 0 Å². The van der Waals surface area contributed by atoms with Crippen LogP contribution in [0.3, 0.4) is 0 Å². The Hall–Kier alpha value is 0.340. The molecule has 1 aliphatic heterocycles. The molecule has 5 unspecified atom stereocenters. The first-order chi connectivity index (χ1) is 6.85. The molecule has 0 aliphatic carbocycles. The summed E-state index contributed by atoms with van der Waals surface area (Å²) < 4.78 is 19.4. The van der Waals surface area contributed by atoms with E-state index in [2.05, 4.69) is 4.52 Å². The van der Waals surface area contributed by atoms with E-state index in [-0.39, 0.29) is 0 Å². The molecular weight excluding hydrogens is 247 g/mol. The average Bonchev–Trinajstić information content (AvgIpc) is 2.32. The molecule has 0 spiro atoms. The van der Waals surface area contributed by atoms with Gasteiger partial charge in [0.2, 0.25) is 0 Å². The van der Waals surface area contributed by atoms with Gasteiger partial charge in [-0.15, -0.1) is 0 Å². The molecule has 1 heterocycles. The third-order valence-corrected chi connectivity index (χ3v) is 3.02. The van der Waals surface area contributed by atoms with Gasteiger partial charge in [-0.05, 0) is 6.26 Å². The maximum absolute atomic E-state index is 10.4. The molecule has 3 N–H and O–H groups in total. The summed E-state index contributed by atoms with van der Waals surface area (Å²) in [6.07, 6.45) is -3.22. The second-order valence-corrected chi connectivity index (χ2v) is 5.11. The minimum atomic E-state index is -4.98. The molecule has 15 heavy (non-hydrogen) atoms. The number of thioether (sulfide) groups is 1. The van der Waals surface area contributed by atoms with Crippen LogP contribution in [-0.4, -0.2) is 51.7 Å². The van der Waals surface area contributed by atoms with E-state index in [1.165, 1.54) is 11.8 Å². The van der Waals surface area contributed by atoms with E-state index >= 15 is 0 Å². The summed E-state index contributed by atoms with van der Waals surface area (Å²) in [5.74, 6) is 0.382. The topological polar surface area (TPSA) is 119 Å². The van der Waals surface area contributed by atoms with Crippen molar-refractivity contribution in [3.63, 3.8) is 0 Å². The van der Waals surface area contributed by atoms with E-state index in [0.29, 0.717) is 5.75 Å². The molecule has 5 atom stereocenters. The Balaban J connectivity index is 2.59. The van der Waals surface area contributed by atoms with Gasteiger partial charge in [0.15, 0.2) is 6.29 Å². The summed E-state index contributed by atoms with van der Waals surface area (Å²) in [5.41, 5.74) is 0. The van der Waals surface area contributed by atoms with Gasteiger partial charge in [0.1, 0.15) is 12.2 Å². The molecule has 0 aromatic rings. The fourth-order valence-corrected chi connectivity index (χ4v) is 2.28. The lowest BCUT2D eigenvalue weighted by molar-refractivity contribution is -0.243. The zero-order valence-electron chi connectivity index (χ0n) is 7.85. The lowest BCUT2D eigenvalue weighted by atomic mass is 10.2. The maximum Gasteiger partial charge on any atom is 0.267 e. The van der Waals surface area contributed by atoms with Gasteiger partial charge in [-0.25, -0.2) is 0 Å². The van der Waals surface area contributed by atoms with Gasteiger partial charge in [-0.1, -0.05) is 0 Å². The normalized spacial score (nSPS) is 40.3. The summed E-state index contributed by atoms with van der Waals surface area (Å²) in [6, 6.07) is 0. The summed E-state index contributed by atoms with van der Waals surface area (Å²) in [7, 11) is -4.98. The fraction of sp³-hybridized carbons (Fsp3) is 1.00. The Morgan fingerprint density at radius 2 is 2.13 bits per heavy atom. The Morgan fingerprint density at radius 1 is 1.53 bits per heavy atom. The van der Waals surface area contributed by atoms with Crippen molar-refractivity contribution in [3.05, 3.63) is 0 Å². The van der Waals surface area contributed by atoms with Crippen molar-refractivity contribution in [1.82, 2.24) is 0 Å². The zero-order valence-corrected chi connectivity index (χ0v) is 9.56. The summed E-state index contributed by atoms with van der Waals surface area (Å²) in [5, 5.41) is 18.8. The second kappa shape index (κ2) is 5.11. The molecule has 0 aromatic carbocycles. The maximum atomic E-state index is 10.4. The van der Waals surface area contributed by atoms with E-state index < -0.39 is 32.4 Å². The van der Waals surface area contributed by atoms with Gasteiger partial charge in [0, 0.05) is 5.75 Å². The molecule has 7 nitrogen and oxygen atoms in total. The van der Waals surface area contributed by atoms with E-state index in [9.17, 15) is 19.7 Å². The minimum Gasteiger partial charge on any atom is -0.756 e. The fourth-order valence-electron chi connectivity index (χ4n) is 1.23. The molecular formula is C6H12O7PS-. The molecule has 0 aromatic heterocycles. The predicted molar refractivity (Wildman–Crippen MR) is 50.0 cm³/mol. The summed E-state index contributed by atoms with van der Waals surface area (Å²) >= 11 is 1.36.